The smallest absolute Gasteiger partial charge is 0.270 e. The third-order valence-corrected chi connectivity index (χ3v) is 2.96. The van der Waals surface area contributed by atoms with Gasteiger partial charge in [-0.1, -0.05) is 12.1 Å². The molecule has 0 aliphatic carbocycles. The van der Waals surface area contributed by atoms with Gasteiger partial charge in [-0.3, -0.25) is 9.78 Å². The third kappa shape index (κ3) is 3.35. The summed E-state index contributed by atoms with van der Waals surface area (Å²) in [6.45, 7) is 1.95. The predicted molar refractivity (Wildman–Crippen MR) is 75.8 cm³/mol. The van der Waals surface area contributed by atoms with Crippen LogP contribution in [0.5, 0.6) is 0 Å². The summed E-state index contributed by atoms with van der Waals surface area (Å²) in [6.07, 6.45) is 5.40. The van der Waals surface area contributed by atoms with E-state index >= 15 is 0 Å². The van der Waals surface area contributed by atoms with Gasteiger partial charge in [-0.25, -0.2) is 4.98 Å². The molecule has 0 saturated heterocycles. The van der Waals surface area contributed by atoms with Crippen LogP contribution >= 0.6 is 0 Å². The zero-order valence-electron chi connectivity index (χ0n) is 11.4. The van der Waals surface area contributed by atoms with Crippen molar-refractivity contribution in [2.45, 2.75) is 19.4 Å². The van der Waals surface area contributed by atoms with E-state index in [0.29, 0.717) is 17.8 Å². The van der Waals surface area contributed by atoms with Crippen LogP contribution in [0.25, 0.3) is 0 Å². The summed E-state index contributed by atoms with van der Waals surface area (Å²) in [5, 5.41) is 14.3. The van der Waals surface area contributed by atoms with Gasteiger partial charge in [0.05, 0.1) is 6.04 Å². The first kappa shape index (κ1) is 14.5. The number of carbonyl (C=O) groups excluding carboxylic acids is 1. The molecule has 5 N–H and O–H groups in total. The largest absolute Gasteiger partial charge is 0.409 e. The Labute approximate surface area is 121 Å². The first-order chi connectivity index (χ1) is 10.2. The third-order valence-electron chi connectivity index (χ3n) is 2.96. The molecule has 0 saturated carbocycles. The van der Waals surface area contributed by atoms with Gasteiger partial charge in [0.1, 0.15) is 11.5 Å². The highest BCUT2D eigenvalue weighted by Gasteiger charge is 2.16. The van der Waals surface area contributed by atoms with Crippen molar-refractivity contribution in [1.29, 1.82) is 0 Å². The van der Waals surface area contributed by atoms with Crippen LogP contribution in [0.3, 0.4) is 0 Å². The molecule has 2 aromatic rings. The fourth-order valence-electron chi connectivity index (χ4n) is 1.80. The Kier molecular flexibility index (Phi) is 4.50. The number of nitrogens with two attached hydrogens (primary N) is 1. The van der Waals surface area contributed by atoms with Gasteiger partial charge in [-0.2, -0.15) is 0 Å². The highest BCUT2D eigenvalue weighted by Crippen LogP contribution is 2.12. The van der Waals surface area contributed by atoms with Crippen LogP contribution in [0.2, 0.25) is 0 Å². The number of rotatable bonds is 5. The van der Waals surface area contributed by atoms with Crippen LogP contribution in [0.4, 0.5) is 0 Å². The standard InChI is InChI=1S/C13H16N6O2/c1-2-9(12-15-5-6-16-12)18-13(20)10-4-3-8(7-17-10)11(14)19-21/h3-7,9,21H,2H2,1H3,(H2,14,19)(H,15,16)(H,18,20). The lowest BCUT2D eigenvalue weighted by Gasteiger charge is -2.14. The second kappa shape index (κ2) is 6.51. The Morgan fingerprint density at radius 2 is 2.33 bits per heavy atom. The van der Waals surface area contributed by atoms with Gasteiger partial charge in [0, 0.05) is 24.2 Å². The highest BCUT2D eigenvalue weighted by molar-refractivity contribution is 5.98. The molecule has 0 aromatic carbocycles. The maximum absolute atomic E-state index is 12.1. The van der Waals surface area contributed by atoms with Gasteiger partial charge >= 0.3 is 0 Å². The molecule has 1 amide bonds. The van der Waals surface area contributed by atoms with Crippen molar-refractivity contribution in [1.82, 2.24) is 20.3 Å². The molecule has 2 aromatic heterocycles. The van der Waals surface area contributed by atoms with E-state index in [2.05, 4.69) is 25.4 Å². The topological polar surface area (TPSA) is 129 Å². The lowest BCUT2D eigenvalue weighted by Crippen LogP contribution is -2.29. The summed E-state index contributed by atoms with van der Waals surface area (Å²) in [7, 11) is 0. The summed E-state index contributed by atoms with van der Waals surface area (Å²) < 4.78 is 0. The van der Waals surface area contributed by atoms with E-state index < -0.39 is 0 Å². The molecule has 0 fully saturated rings. The Morgan fingerprint density at radius 3 is 2.86 bits per heavy atom. The molecule has 0 radical (unpaired) electrons. The number of carbonyl (C=O) groups is 1. The van der Waals surface area contributed by atoms with Crippen molar-refractivity contribution in [3.63, 3.8) is 0 Å². The van der Waals surface area contributed by atoms with Crippen molar-refractivity contribution < 1.29 is 10.0 Å². The number of nitrogens with zero attached hydrogens (tertiary/aromatic N) is 3. The van der Waals surface area contributed by atoms with Gasteiger partial charge in [0.25, 0.3) is 5.91 Å². The predicted octanol–water partition coefficient (Wildman–Crippen LogP) is 0.780. The van der Waals surface area contributed by atoms with Gasteiger partial charge in [-0.05, 0) is 18.6 Å². The van der Waals surface area contributed by atoms with Crippen molar-refractivity contribution in [2.24, 2.45) is 10.9 Å². The fourth-order valence-corrected chi connectivity index (χ4v) is 1.80. The number of pyridine rings is 1. The first-order valence-corrected chi connectivity index (χ1v) is 6.39. The minimum absolute atomic E-state index is 0.0588. The maximum Gasteiger partial charge on any atom is 0.270 e. The first-order valence-electron chi connectivity index (χ1n) is 6.39. The number of nitrogens with one attached hydrogen (secondary N) is 2. The summed E-state index contributed by atoms with van der Waals surface area (Å²) in [6, 6.07) is 2.86. The van der Waals surface area contributed by atoms with Gasteiger partial charge in [-0.15, -0.1) is 0 Å². The lowest BCUT2D eigenvalue weighted by atomic mass is 10.2. The molecule has 0 bridgehead atoms. The van der Waals surface area contributed by atoms with Crippen LogP contribution in [0, 0.1) is 0 Å². The second-order valence-corrected chi connectivity index (χ2v) is 4.33. The summed E-state index contributed by atoms with van der Waals surface area (Å²) >= 11 is 0. The van der Waals surface area contributed by atoms with E-state index in [9.17, 15) is 4.79 Å². The van der Waals surface area contributed by atoms with Crippen molar-refractivity contribution in [3.05, 3.63) is 47.8 Å². The molecule has 0 spiro atoms. The average Bonchev–Trinajstić information content (AvgIpc) is 3.06. The van der Waals surface area contributed by atoms with E-state index in [1.54, 1.807) is 18.5 Å². The van der Waals surface area contributed by atoms with E-state index in [-0.39, 0.29) is 23.5 Å². The number of aromatic amines is 1. The number of H-pyrrole nitrogens is 1. The number of hydrogen-bond donors (Lipinski definition) is 4. The highest BCUT2D eigenvalue weighted by atomic mass is 16.4. The van der Waals surface area contributed by atoms with Crippen molar-refractivity contribution >= 4 is 11.7 Å². The summed E-state index contributed by atoms with van der Waals surface area (Å²) in [5.41, 5.74) is 6.12. The zero-order valence-corrected chi connectivity index (χ0v) is 11.4. The number of hydrogen-bond acceptors (Lipinski definition) is 5. The lowest BCUT2D eigenvalue weighted by molar-refractivity contribution is 0.0929. The van der Waals surface area contributed by atoms with Crippen LogP contribution < -0.4 is 11.1 Å². The molecular formula is C13H16N6O2. The van der Waals surface area contributed by atoms with Crippen LogP contribution in [-0.2, 0) is 0 Å². The second-order valence-electron chi connectivity index (χ2n) is 4.33. The molecule has 2 rings (SSSR count). The quantitative estimate of drug-likeness (QED) is 0.279. The van der Waals surface area contributed by atoms with Gasteiger partial charge in [0.15, 0.2) is 5.84 Å². The molecule has 1 unspecified atom stereocenters. The molecule has 2 heterocycles. The fraction of sp³-hybridized carbons (Fsp3) is 0.231. The number of amides is 1. The van der Waals surface area contributed by atoms with Crippen molar-refractivity contribution in [2.75, 3.05) is 0 Å². The monoisotopic (exact) mass is 288 g/mol. The van der Waals surface area contributed by atoms with E-state index in [1.165, 1.54) is 12.3 Å². The minimum Gasteiger partial charge on any atom is -0.409 e. The van der Waals surface area contributed by atoms with E-state index in [1.807, 2.05) is 6.92 Å². The molecular weight excluding hydrogens is 272 g/mol. The molecule has 0 aliphatic heterocycles. The maximum atomic E-state index is 12.1. The average molecular weight is 288 g/mol. The molecule has 0 aliphatic rings. The number of oxime groups is 1. The number of amidine groups is 1. The SMILES string of the molecule is CCC(NC(=O)c1ccc(/C(N)=N/O)cn1)c1ncc[nH]1. The Morgan fingerprint density at radius 1 is 1.52 bits per heavy atom. The van der Waals surface area contributed by atoms with Crippen LogP contribution in [-0.4, -0.2) is 31.9 Å². The van der Waals surface area contributed by atoms with Gasteiger partial charge in [0.2, 0.25) is 0 Å². The summed E-state index contributed by atoms with van der Waals surface area (Å²) in [5.74, 6) is 0.319. The minimum atomic E-state index is -0.315. The van der Waals surface area contributed by atoms with Crippen LogP contribution in [0.15, 0.2) is 35.9 Å². The van der Waals surface area contributed by atoms with E-state index in [0.717, 1.165) is 0 Å². The molecule has 8 nitrogen and oxygen atoms in total. The molecule has 1 atom stereocenters. The molecule has 8 heteroatoms. The van der Waals surface area contributed by atoms with Crippen LogP contribution in [0.1, 0.15) is 41.3 Å². The molecule has 110 valence electrons. The Bertz CT molecular complexity index is 621. The Hall–Kier alpha value is -2.90. The normalized spacial score (nSPS) is 12.9. The summed E-state index contributed by atoms with van der Waals surface area (Å²) in [4.78, 5) is 23.2. The van der Waals surface area contributed by atoms with Gasteiger partial charge < -0.3 is 21.2 Å². The Balaban J connectivity index is 2.09. The van der Waals surface area contributed by atoms with E-state index in [4.69, 9.17) is 10.9 Å². The number of imidazole rings is 1. The zero-order chi connectivity index (χ0) is 15.2. The van der Waals surface area contributed by atoms with Crippen molar-refractivity contribution in [3.8, 4) is 0 Å². The molecule has 21 heavy (non-hydrogen) atoms. The number of aromatic nitrogens is 3.